The molecule has 18 nitrogen and oxygen atoms in total. The highest BCUT2D eigenvalue weighted by Gasteiger charge is 2.26. The predicted octanol–water partition coefficient (Wildman–Crippen LogP) is 0.442. The summed E-state index contributed by atoms with van der Waals surface area (Å²) in [5.74, 6) is -2.89. The Bertz CT molecular complexity index is 1050. The van der Waals surface area contributed by atoms with Gasteiger partial charge in [-0.05, 0) is 38.3 Å². The zero-order valence-corrected chi connectivity index (χ0v) is 34.0. The van der Waals surface area contributed by atoms with Gasteiger partial charge in [0.1, 0.15) is 6.04 Å². The number of amides is 1. The maximum Gasteiger partial charge on any atom is 0.320 e. The van der Waals surface area contributed by atoms with Crippen molar-refractivity contribution in [3.63, 3.8) is 0 Å². The minimum Gasteiger partial charge on any atom is -0.480 e. The van der Waals surface area contributed by atoms with Gasteiger partial charge in [-0.2, -0.15) is 0 Å². The zero-order chi connectivity index (χ0) is 41.8. The molecule has 0 saturated carbocycles. The molecule has 4 N–H and O–H groups in total. The first-order chi connectivity index (χ1) is 26.9. The average molecular weight is 805 g/mol. The number of hydrogen-bond donors (Lipinski definition) is 4. The molecule has 0 heterocycles. The molecule has 56 heavy (non-hydrogen) atoms. The third-order valence-electron chi connectivity index (χ3n) is 8.59. The first kappa shape index (κ1) is 53.3. The summed E-state index contributed by atoms with van der Waals surface area (Å²) in [5.41, 5.74) is -0.400. The Hall–Kier alpha value is -2.75. The summed E-state index contributed by atoms with van der Waals surface area (Å²) in [6, 6.07) is -0.935. The Morgan fingerprint density at radius 3 is 1.46 bits per heavy atom. The summed E-state index contributed by atoms with van der Waals surface area (Å²) in [6.07, 6.45) is 2.74. The van der Waals surface area contributed by atoms with Crippen molar-refractivity contribution in [1.82, 2.24) is 20.0 Å². The van der Waals surface area contributed by atoms with Gasteiger partial charge < -0.3 is 53.9 Å². The molecular formula is C37H69BN4O14. The minimum absolute atomic E-state index is 0.00544. The van der Waals surface area contributed by atoms with Crippen LogP contribution in [0.1, 0.15) is 59.3 Å². The fourth-order valence-electron chi connectivity index (χ4n) is 5.25. The molecule has 0 bridgehead atoms. The zero-order valence-electron chi connectivity index (χ0n) is 34.0. The topological polar surface area (TPSA) is 223 Å². The summed E-state index contributed by atoms with van der Waals surface area (Å²) in [7, 11) is 5.02. The number of carboxylic acid groups (broad SMARTS) is 3. The third kappa shape index (κ3) is 33.4. The maximum atomic E-state index is 12.5. The van der Waals surface area contributed by atoms with Crippen LogP contribution >= 0.6 is 0 Å². The molecule has 0 aliphatic heterocycles. The second-order valence-corrected chi connectivity index (χ2v) is 13.3. The van der Waals surface area contributed by atoms with Crippen LogP contribution in [0.4, 0.5) is 0 Å². The van der Waals surface area contributed by atoms with Crippen LogP contribution in [0.2, 0.25) is 0 Å². The van der Waals surface area contributed by atoms with Crippen LogP contribution in [-0.4, -0.2) is 212 Å². The molecule has 324 valence electrons. The van der Waals surface area contributed by atoms with Crippen LogP contribution in [0.3, 0.4) is 0 Å². The van der Waals surface area contributed by atoms with Crippen molar-refractivity contribution in [3.8, 4) is 0 Å². The molecular weight excluding hydrogens is 735 g/mol. The second-order valence-electron chi connectivity index (χ2n) is 13.3. The highest BCUT2D eigenvalue weighted by molar-refractivity contribution is 6.57. The monoisotopic (exact) mass is 804 g/mol. The normalized spacial score (nSPS) is 12.7. The highest BCUT2D eigenvalue weighted by Crippen LogP contribution is 2.11. The molecule has 1 amide bonds. The Morgan fingerprint density at radius 2 is 1.04 bits per heavy atom. The molecule has 0 saturated heterocycles. The van der Waals surface area contributed by atoms with Crippen molar-refractivity contribution in [2.75, 3.05) is 138 Å². The molecule has 19 heteroatoms. The number of ether oxygens (including phenoxy) is 6. The number of aliphatic carboxylic acids is 3. The van der Waals surface area contributed by atoms with Gasteiger partial charge in [0.15, 0.2) is 7.85 Å². The number of carbonyl (C=O) groups is 5. The van der Waals surface area contributed by atoms with E-state index in [0.717, 1.165) is 12.8 Å². The molecule has 2 radical (unpaired) electrons. The van der Waals surface area contributed by atoms with Crippen LogP contribution < -0.4 is 5.32 Å². The van der Waals surface area contributed by atoms with Crippen molar-refractivity contribution in [2.24, 2.45) is 5.92 Å². The van der Waals surface area contributed by atoms with E-state index in [9.17, 15) is 39.3 Å². The standard InChI is InChI=1S/C37H69BN4O14/c1-4-11-42(16-15-41(30-36(47)48)14-13-40(29-35(45)46)12-8-31(3)5-2)32(37(49)50)6-7-34(44)39-10-18-52-20-22-54-24-26-56-28-27-55-25-23-53-21-19-51-17-9-33(38)43/h31-32H,4-30H2,1-3H3,(H,39,44)(H,45,46)(H,47,48)(H,49,50). The van der Waals surface area contributed by atoms with Gasteiger partial charge >= 0.3 is 17.9 Å². The largest absolute Gasteiger partial charge is 0.480 e. The lowest BCUT2D eigenvalue weighted by atomic mass is 10.0. The van der Waals surface area contributed by atoms with Gasteiger partial charge in [0, 0.05) is 45.6 Å². The van der Waals surface area contributed by atoms with Crippen molar-refractivity contribution in [1.29, 1.82) is 0 Å². The average Bonchev–Trinajstić information content (AvgIpc) is 3.14. The molecule has 0 aliphatic rings. The van der Waals surface area contributed by atoms with Crippen molar-refractivity contribution < 1.29 is 67.7 Å². The van der Waals surface area contributed by atoms with Gasteiger partial charge in [-0.1, -0.05) is 27.2 Å². The van der Waals surface area contributed by atoms with E-state index < -0.39 is 29.6 Å². The van der Waals surface area contributed by atoms with Crippen LogP contribution in [0.5, 0.6) is 0 Å². The van der Waals surface area contributed by atoms with E-state index in [1.165, 1.54) is 0 Å². The summed E-state index contributed by atoms with van der Waals surface area (Å²) in [4.78, 5) is 63.7. The maximum absolute atomic E-state index is 12.5. The van der Waals surface area contributed by atoms with Gasteiger partial charge in [-0.3, -0.25) is 33.9 Å². The van der Waals surface area contributed by atoms with Gasteiger partial charge in [0.2, 0.25) is 5.91 Å². The SMILES string of the molecule is [B]C(=O)CCOCCOCCOCCOCCOCCOCCNC(=O)CCC(C(=O)O)N(CCC)CCN(CCN(CCC(C)CC)CC(=O)O)CC(=O)O. The number of rotatable bonds is 42. The van der Waals surface area contributed by atoms with E-state index in [0.29, 0.717) is 105 Å². The predicted molar refractivity (Wildman–Crippen MR) is 208 cm³/mol. The van der Waals surface area contributed by atoms with E-state index in [1.807, 2.05) is 6.92 Å². The number of nitrogens with one attached hydrogen (secondary N) is 1. The van der Waals surface area contributed by atoms with E-state index in [2.05, 4.69) is 19.2 Å². The van der Waals surface area contributed by atoms with Gasteiger partial charge in [0.05, 0.1) is 98.1 Å². The van der Waals surface area contributed by atoms with Crippen LogP contribution in [-0.2, 0) is 52.4 Å². The summed E-state index contributed by atoms with van der Waals surface area (Å²) >= 11 is 0. The molecule has 0 aromatic heterocycles. The van der Waals surface area contributed by atoms with Crippen LogP contribution in [0.25, 0.3) is 0 Å². The number of carbonyl (C=O) groups excluding carboxylic acids is 2. The smallest absolute Gasteiger partial charge is 0.320 e. The lowest BCUT2D eigenvalue weighted by Crippen LogP contribution is -2.48. The van der Waals surface area contributed by atoms with Gasteiger partial charge in [0.25, 0.3) is 0 Å². The molecule has 2 atom stereocenters. The van der Waals surface area contributed by atoms with Gasteiger partial charge in [-0.25, -0.2) is 0 Å². The molecule has 0 aromatic carbocycles. The molecule has 2 unspecified atom stereocenters. The second kappa shape index (κ2) is 36.6. The Balaban J connectivity index is 4.30. The Labute approximate surface area is 334 Å². The lowest BCUT2D eigenvalue weighted by molar-refractivity contribution is -0.144. The Kier molecular flexibility index (Phi) is 34.8. The lowest BCUT2D eigenvalue weighted by Gasteiger charge is -2.32. The van der Waals surface area contributed by atoms with Crippen molar-refractivity contribution >= 4 is 37.3 Å². The first-order valence-corrected chi connectivity index (χ1v) is 19.8. The molecule has 0 aromatic rings. The van der Waals surface area contributed by atoms with Crippen LogP contribution in [0, 0.1) is 5.92 Å². The first-order valence-electron chi connectivity index (χ1n) is 19.8. The molecule has 0 spiro atoms. The number of carboxylic acids is 3. The molecule has 0 aliphatic carbocycles. The fraction of sp³-hybridized carbons (Fsp3) is 0.865. The Morgan fingerprint density at radius 1 is 0.589 bits per heavy atom. The van der Waals surface area contributed by atoms with Crippen LogP contribution in [0.15, 0.2) is 0 Å². The summed E-state index contributed by atoms with van der Waals surface area (Å²) < 4.78 is 32.3. The quantitative estimate of drug-likeness (QED) is 0.0486. The van der Waals surface area contributed by atoms with E-state index in [-0.39, 0.29) is 71.1 Å². The summed E-state index contributed by atoms with van der Waals surface area (Å²) in [6.45, 7) is 12.7. The third-order valence-corrected chi connectivity index (χ3v) is 8.59. The van der Waals surface area contributed by atoms with E-state index in [4.69, 9.17) is 36.3 Å². The minimum atomic E-state index is -1.06. The number of nitrogens with zero attached hydrogens (tertiary/aromatic N) is 3. The van der Waals surface area contributed by atoms with E-state index >= 15 is 0 Å². The molecule has 0 fully saturated rings. The van der Waals surface area contributed by atoms with Gasteiger partial charge in [-0.15, -0.1) is 0 Å². The molecule has 0 rings (SSSR count). The van der Waals surface area contributed by atoms with E-state index in [1.54, 1.807) is 14.7 Å². The number of hydrogen-bond acceptors (Lipinski definition) is 14. The highest BCUT2D eigenvalue weighted by atomic mass is 16.6. The van der Waals surface area contributed by atoms with Crippen molar-refractivity contribution in [2.45, 2.75) is 65.3 Å². The van der Waals surface area contributed by atoms with Crippen molar-refractivity contribution in [3.05, 3.63) is 0 Å². The fourth-order valence-corrected chi connectivity index (χ4v) is 5.25. The summed E-state index contributed by atoms with van der Waals surface area (Å²) in [5, 5.41) is 31.7.